The van der Waals surface area contributed by atoms with E-state index in [2.05, 4.69) is 22.2 Å². The second kappa shape index (κ2) is 8.49. The molecule has 0 aromatic heterocycles. The van der Waals surface area contributed by atoms with Crippen LogP contribution < -0.4 is 5.32 Å². The largest absolute Gasteiger partial charge is 0.416 e. The lowest BCUT2D eigenvalue weighted by molar-refractivity contribution is -0.137. The first-order valence-corrected chi connectivity index (χ1v) is 10.3. The maximum atomic E-state index is 12.7. The van der Waals surface area contributed by atoms with Crippen molar-refractivity contribution in [1.29, 1.82) is 0 Å². The molecule has 1 heterocycles. The topological polar surface area (TPSA) is 35.6 Å². The molecule has 3 atom stereocenters. The van der Waals surface area contributed by atoms with Gasteiger partial charge in [0.25, 0.3) is 0 Å². The average Bonchev–Trinajstić information content (AvgIpc) is 3.52. The Labute approximate surface area is 174 Å². The first-order valence-electron chi connectivity index (χ1n) is 10.3. The second-order valence-corrected chi connectivity index (χ2v) is 8.23. The number of piperazine rings is 1. The summed E-state index contributed by atoms with van der Waals surface area (Å²) in [6.45, 7) is 3.69. The van der Waals surface area contributed by atoms with Crippen LogP contribution in [0.4, 0.5) is 13.2 Å². The summed E-state index contributed by atoms with van der Waals surface area (Å²) in [5.41, 5.74) is 2.20. The molecular weight excluding hydrogens is 391 g/mol. The zero-order valence-corrected chi connectivity index (χ0v) is 16.9. The number of rotatable bonds is 6. The average molecular weight is 417 g/mol. The third-order valence-corrected chi connectivity index (χ3v) is 6.12. The fourth-order valence-corrected chi connectivity index (χ4v) is 4.07. The number of benzene rings is 2. The van der Waals surface area contributed by atoms with Crippen LogP contribution in [0.2, 0.25) is 0 Å². The number of nitrogens with one attached hydrogen (secondary N) is 1. The van der Waals surface area contributed by atoms with Crippen molar-refractivity contribution in [3.05, 3.63) is 59.7 Å². The van der Waals surface area contributed by atoms with E-state index >= 15 is 0 Å². The van der Waals surface area contributed by atoms with E-state index in [-0.39, 0.29) is 12.2 Å². The number of nitrogens with zero attached hydrogens (tertiary/aromatic N) is 2. The number of carbonyl (C=O) groups excluding carboxylic acids is 1. The molecule has 1 N–H and O–H groups in total. The minimum atomic E-state index is -4.32. The molecule has 1 unspecified atom stereocenters. The Balaban J connectivity index is 1.35. The maximum absolute atomic E-state index is 12.7. The summed E-state index contributed by atoms with van der Waals surface area (Å²) in [5.74, 6) is 0.363. The van der Waals surface area contributed by atoms with Gasteiger partial charge in [-0.3, -0.25) is 10.2 Å². The van der Waals surface area contributed by atoms with Crippen molar-refractivity contribution in [2.75, 3.05) is 33.2 Å². The van der Waals surface area contributed by atoms with Gasteiger partial charge in [0.15, 0.2) is 6.29 Å². The van der Waals surface area contributed by atoms with E-state index in [0.717, 1.165) is 62.1 Å². The van der Waals surface area contributed by atoms with Crippen LogP contribution in [0, 0.1) is 0 Å². The van der Waals surface area contributed by atoms with Gasteiger partial charge in [-0.15, -0.1) is 0 Å². The van der Waals surface area contributed by atoms with E-state index in [9.17, 15) is 18.0 Å². The summed E-state index contributed by atoms with van der Waals surface area (Å²) in [7, 11) is 2.09. The molecule has 0 bridgehead atoms. The van der Waals surface area contributed by atoms with Crippen molar-refractivity contribution in [3.8, 4) is 11.1 Å². The third-order valence-electron chi connectivity index (χ3n) is 6.12. The molecule has 2 aliphatic rings. The van der Waals surface area contributed by atoms with E-state index in [1.807, 2.05) is 24.3 Å². The molecule has 2 aromatic rings. The molecule has 4 nitrogen and oxygen atoms in total. The summed E-state index contributed by atoms with van der Waals surface area (Å²) in [4.78, 5) is 16.0. The highest BCUT2D eigenvalue weighted by molar-refractivity contribution is 5.64. The molecule has 7 heteroatoms. The molecule has 160 valence electrons. The predicted molar refractivity (Wildman–Crippen MR) is 110 cm³/mol. The second-order valence-electron chi connectivity index (χ2n) is 8.23. The third kappa shape index (κ3) is 4.74. The van der Waals surface area contributed by atoms with Crippen LogP contribution in [0.1, 0.15) is 23.5 Å². The van der Waals surface area contributed by atoms with Gasteiger partial charge in [0.1, 0.15) is 6.17 Å². The SMILES string of the molecule is CN1CCN(C(C=O)N[C@@H]2C[C@H]2c2ccc(-c3ccc(C(F)(F)F)cc3)cc2)CC1. The van der Waals surface area contributed by atoms with Crippen LogP contribution in [0.15, 0.2) is 48.5 Å². The molecule has 0 amide bonds. The van der Waals surface area contributed by atoms with E-state index in [1.165, 1.54) is 17.7 Å². The lowest BCUT2D eigenvalue weighted by Gasteiger charge is -2.36. The normalized spacial score (nSPS) is 23.9. The zero-order chi connectivity index (χ0) is 21.3. The number of hydrogen-bond acceptors (Lipinski definition) is 4. The van der Waals surface area contributed by atoms with E-state index in [1.54, 1.807) is 0 Å². The number of likely N-dealkylation sites (N-methyl/N-ethyl adjacent to an activating group) is 1. The number of hydrogen-bond donors (Lipinski definition) is 1. The van der Waals surface area contributed by atoms with Gasteiger partial charge in [0.05, 0.1) is 5.56 Å². The van der Waals surface area contributed by atoms with Crippen molar-refractivity contribution in [3.63, 3.8) is 0 Å². The highest BCUT2D eigenvalue weighted by Crippen LogP contribution is 2.41. The Morgan fingerprint density at radius 3 is 2.07 bits per heavy atom. The van der Waals surface area contributed by atoms with Crippen molar-refractivity contribution < 1.29 is 18.0 Å². The number of halogens is 3. The minimum absolute atomic E-state index is 0.250. The van der Waals surface area contributed by atoms with Crippen molar-refractivity contribution in [2.45, 2.75) is 30.7 Å². The fourth-order valence-electron chi connectivity index (χ4n) is 4.07. The highest BCUT2D eigenvalue weighted by atomic mass is 19.4. The van der Waals surface area contributed by atoms with Gasteiger partial charge in [0.2, 0.25) is 0 Å². The first kappa shape index (κ1) is 21.0. The van der Waals surface area contributed by atoms with Crippen LogP contribution in [-0.4, -0.2) is 61.5 Å². The van der Waals surface area contributed by atoms with Crippen LogP contribution in [-0.2, 0) is 11.0 Å². The molecule has 1 saturated heterocycles. The monoisotopic (exact) mass is 417 g/mol. The molecule has 1 saturated carbocycles. The van der Waals surface area contributed by atoms with Gasteiger partial charge < -0.3 is 9.69 Å². The van der Waals surface area contributed by atoms with Gasteiger partial charge >= 0.3 is 6.18 Å². The van der Waals surface area contributed by atoms with Crippen molar-refractivity contribution in [1.82, 2.24) is 15.1 Å². The molecular formula is C23H26F3N3O. The Morgan fingerprint density at radius 2 is 1.53 bits per heavy atom. The first-order chi connectivity index (χ1) is 14.3. The Bertz CT molecular complexity index is 859. The minimum Gasteiger partial charge on any atom is -0.304 e. The number of carbonyl (C=O) groups is 1. The number of aldehydes is 1. The molecule has 0 spiro atoms. The maximum Gasteiger partial charge on any atom is 0.416 e. The molecule has 2 aromatic carbocycles. The molecule has 0 radical (unpaired) electrons. The predicted octanol–water partition coefficient (Wildman–Crippen LogP) is 3.59. The Morgan fingerprint density at radius 1 is 0.967 bits per heavy atom. The summed E-state index contributed by atoms with van der Waals surface area (Å²) < 4.78 is 38.2. The summed E-state index contributed by atoms with van der Waals surface area (Å²) in [5, 5.41) is 3.47. The zero-order valence-electron chi connectivity index (χ0n) is 16.9. The molecule has 30 heavy (non-hydrogen) atoms. The number of alkyl halides is 3. The standard InChI is InChI=1S/C23H26F3N3O/c1-28-10-12-29(13-11-28)22(15-30)27-21-14-20(21)18-4-2-16(3-5-18)17-6-8-19(9-7-17)23(24,25)26/h2-9,15,20-22,27H,10-14H2,1H3/t20-,21+,22?/m0/s1. The summed E-state index contributed by atoms with van der Waals surface area (Å²) >= 11 is 0. The van der Waals surface area contributed by atoms with Crippen LogP contribution in [0.3, 0.4) is 0 Å². The van der Waals surface area contributed by atoms with Gasteiger partial charge in [-0.1, -0.05) is 36.4 Å². The van der Waals surface area contributed by atoms with Crippen molar-refractivity contribution in [2.24, 2.45) is 0 Å². The molecule has 4 rings (SSSR count). The van der Waals surface area contributed by atoms with Crippen LogP contribution in [0.5, 0.6) is 0 Å². The Kier molecular flexibility index (Phi) is 5.95. The lowest BCUT2D eigenvalue weighted by Crippen LogP contribution is -2.55. The highest BCUT2D eigenvalue weighted by Gasteiger charge is 2.40. The quantitative estimate of drug-likeness (QED) is 0.729. The smallest absolute Gasteiger partial charge is 0.304 e. The fraction of sp³-hybridized carbons (Fsp3) is 0.435. The van der Waals surface area contributed by atoms with Gasteiger partial charge in [-0.2, -0.15) is 13.2 Å². The van der Waals surface area contributed by atoms with Gasteiger partial charge in [0, 0.05) is 38.1 Å². The molecule has 2 fully saturated rings. The van der Waals surface area contributed by atoms with E-state index in [4.69, 9.17) is 0 Å². The molecule has 1 aliphatic heterocycles. The van der Waals surface area contributed by atoms with Crippen molar-refractivity contribution >= 4 is 6.29 Å². The van der Waals surface area contributed by atoms with Gasteiger partial charge in [-0.05, 0) is 42.3 Å². The summed E-state index contributed by atoms with van der Waals surface area (Å²) in [6, 6.07) is 13.5. The van der Waals surface area contributed by atoms with Crippen LogP contribution >= 0.6 is 0 Å². The van der Waals surface area contributed by atoms with E-state index < -0.39 is 11.7 Å². The van der Waals surface area contributed by atoms with Crippen LogP contribution in [0.25, 0.3) is 11.1 Å². The molecule has 1 aliphatic carbocycles. The van der Waals surface area contributed by atoms with Gasteiger partial charge in [-0.25, -0.2) is 0 Å². The lowest BCUT2D eigenvalue weighted by atomic mass is 10.0. The summed E-state index contributed by atoms with van der Waals surface area (Å²) in [6.07, 6.45) is -2.59. The Hall–Kier alpha value is -2.22. The van der Waals surface area contributed by atoms with E-state index in [0.29, 0.717) is 5.92 Å².